The molecule has 0 fully saturated rings. The summed E-state index contributed by atoms with van der Waals surface area (Å²) in [7, 11) is 0. The summed E-state index contributed by atoms with van der Waals surface area (Å²) in [5, 5.41) is 21.4. The van der Waals surface area contributed by atoms with Crippen LogP contribution in [0.2, 0.25) is 0 Å². The average molecular weight is 238 g/mol. The van der Waals surface area contributed by atoms with Gasteiger partial charge in [-0.25, -0.2) is 0 Å². The lowest BCUT2D eigenvalue weighted by Gasteiger charge is -2.11. The third-order valence-electron chi connectivity index (χ3n) is 2.42. The minimum atomic E-state index is -2.84. The van der Waals surface area contributed by atoms with Crippen molar-refractivity contribution in [3.05, 3.63) is 55.6 Å². The summed E-state index contributed by atoms with van der Waals surface area (Å²) in [6.07, 6.45) is 0. The van der Waals surface area contributed by atoms with Gasteiger partial charge in [-0.3, -0.25) is 25.0 Å². The van der Waals surface area contributed by atoms with Crippen LogP contribution in [0.1, 0.15) is 22.8 Å². The maximum absolute atomic E-state index is 11.8. The SMILES string of the molecule is Cc1cccc(C(=O)C(C)([N+](=O)[O-])[N+](=O)[O-])c1. The molecule has 90 valence electrons. The van der Waals surface area contributed by atoms with E-state index in [2.05, 4.69) is 0 Å². The molecule has 7 heteroatoms. The summed E-state index contributed by atoms with van der Waals surface area (Å²) in [5.41, 5.74) is -2.18. The fourth-order valence-electron chi connectivity index (χ4n) is 1.29. The van der Waals surface area contributed by atoms with Crippen molar-refractivity contribution < 1.29 is 14.6 Å². The zero-order chi connectivity index (χ0) is 13.2. The molecule has 1 rings (SSSR count). The third kappa shape index (κ3) is 2.12. The highest BCUT2D eigenvalue weighted by molar-refractivity contribution is 6.00. The van der Waals surface area contributed by atoms with Gasteiger partial charge in [-0.2, -0.15) is 0 Å². The van der Waals surface area contributed by atoms with E-state index in [0.29, 0.717) is 12.5 Å². The Morgan fingerprint density at radius 3 is 2.18 bits per heavy atom. The number of carbonyl (C=O) groups excluding carboxylic acids is 1. The standard InChI is InChI=1S/C10H10N2O5/c1-7-4-3-5-8(6-7)9(13)10(2,11(14)15)12(16)17/h3-6H,1-2H3. The summed E-state index contributed by atoms with van der Waals surface area (Å²) in [4.78, 5) is 30.9. The fraction of sp³-hybridized carbons (Fsp3) is 0.300. The van der Waals surface area contributed by atoms with Crippen molar-refractivity contribution in [2.45, 2.75) is 19.5 Å². The molecule has 0 heterocycles. The normalized spacial score (nSPS) is 10.9. The molecular formula is C10H10N2O5. The summed E-state index contributed by atoms with van der Waals surface area (Å²) in [6.45, 7) is 2.38. The van der Waals surface area contributed by atoms with Crippen LogP contribution in [0.15, 0.2) is 24.3 Å². The van der Waals surface area contributed by atoms with Crippen LogP contribution in [0.4, 0.5) is 0 Å². The highest BCUT2D eigenvalue weighted by atomic mass is 16.7. The maximum Gasteiger partial charge on any atom is 0.517 e. The molecule has 17 heavy (non-hydrogen) atoms. The molecule has 0 aliphatic heterocycles. The number of aryl methyl sites for hydroxylation is 1. The second-order valence-electron chi connectivity index (χ2n) is 3.73. The van der Waals surface area contributed by atoms with Crippen LogP contribution in [0.3, 0.4) is 0 Å². The minimum absolute atomic E-state index is 0.0408. The van der Waals surface area contributed by atoms with Gasteiger partial charge in [-0.15, -0.1) is 0 Å². The molecule has 0 amide bonds. The Hall–Kier alpha value is -2.31. The molecule has 0 unspecified atom stereocenters. The van der Waals surface area contributed by atoms with E-state index < -0.39 is 21.3 Å². The van der Waals surface area contributed by atoms with E-state index >= 15 is 0 Å². The van der Waals surface area contributed by atoms with Gasteiger partial charge in [0.1, 0.15) is 9.85 Å². The number of carbonyl (C=O) groups is 1. The van der Waals surface area contributed by atoms with Crippen molar-refractivity contribution >= 4 is 5.78 Å². The molecule has 0 saturated carbocycles. The molecular weight excluding hydrogens is 228 g/mol. The van der Waals surface area contributed by atoms with Crippen LogP contribution in [0, 0.1) is 27.2 Å². The van der Waals surface area contributed by atoms with Crippen molar-refractivity contribution in [3.8, 4) is 0 Å². The molecule has 0 saturated heterocycles. The summed E-state index contributed by atoms with van der Waals surface area (Å²) in [6, 6.07) is 5.91. The second kappa shape index (κ2) is 4.28. The van der Waals surface area contributed by atoms with E-state index in [0.717, 1.165) is 0 Å². The van der Waals surface area contributed by atoms with Crippen LogP contribution in [0.5, 0.6) is 0 Å². The van der Waals surface area contributed by atoms with E-state index in [9.17, 15) is 25.0 Å². The number of ketones is 1. The Labute approximate surface area is 96.4 Å². The average Bonchev–Trinajstić information content (AvgIpc) is 2.26. The highest BCUT2D eigenvalue weighted by Gasteiger charge is 2.59. The van der Waals surface area contributed by atoms with Gasteiger partial charge < -0.3 is 0 Å². The minimum Gasteiger partial charge on any atom is -0.277 e. The first kappa shape index (κ1) is 12.8. The van der Waals surface area contributed by atoms with Gasteiger partial charge in [-0.05, 0) is 13.0 Å². The Balaban J connectivity index is 3.28. The number of Topliss-reactive ketones (excluding diaryl/α,β-unsaturated/α-hetero) is 1. The molecule has 0 N–H and O–H groups in total. The zero-order valence-electron chi connectivity index (χ0n) is 9.25. The molecule has 1 aromatic carbocycles. The number of rotatable bonds is 4. The number of hydrogen-bond donors (Lipinski definition) is 0. The van der Waals surface area contributed by atoms with Crippen LogP contribution in [-0.2, 0) is 0 Å². The Morgan fingerprint density at radius 2 is 1.76 bits per heavy atom. The number of nitrogens with zero attached hydrogens (tertiary/aromatic N) is 2. The smallest absolute Gasteiger partial charge is 0.277 e. The molecule has 7 nitrogen and oxygen atoms in total. The lowest BCUT2D eigenvalue weighted by atomic mass is 9.99. The van der Waals surface area contributed by atoms with Crippen molar-refractivity contribution in [1.29, 1.82) is 0 Å². The largest absolute Gasteiger partial charge is 0.517 e. The molecule has 0 aromatic heterocycles. The van der Waals surface area contributed by atoms with Gasteiger partial charge in [-0.1, -0.05) is 23.8 Å². The monoisotopic (exact) mass is 238 g/mol. The molecule has 0 spiro atoms. The molecule has 1 aromatic rings. The van der Waals surface area contributed by atoms with E-state index in [-0.39, 0.29) is 5.56 Å². The fourth-order valence-corrected chi connectivity index (χ4v) is 1.29. The zero-order valence-corrected chi connectivity index (χ0v) is 9.25. The van der Waals surface area contributed by atoms with Gasteiger partial charge in [0.25, 0.3) is 0 Å². The van der Waals surface area contributed by atoms with Crippen LogP contribution >= 0.6 is 0 Å². The quantitative estimate of drug-likeness (QED) is 0.341. The molecule has 0 atom stereocenters. The lowest BCUT2D eigenvalue weighted by Crippen LogP contribution is -2.50. The number of benzene rings is 1. The molecule has 0 aliphatic rings. The summed E-state index contributed by atoms with van der Waals surface area (Å²) < 4.78 is 0. The first-order valence-corrected chi connectivity index (χ1v) is 4.70. The lowest BCUT2D eigenvalue weighted by molar-refractivity contribution is -0.769. The van der Waals surface area contributed by atoms with Crippen molar-refractivity contribution in [3.63, 3.8) is 0 Å². The third-order valence-corrected chi connectivity index (χ3v) is 2.42. The predicted molar refractivity (Wildman–Crippen MR) is 57.9 cm³/mol. The van der Waals surface area contributed by atoms with E-state index in [1.165, 1.54) is 18.2 Å². The van der Waals surface area contributed by atoms with Crippen LogP contribution < -0.4 is 0 Å². The number of hydrogen-bond acceptors (Lipinski definition) is 5. The summed E-state index contributed by atoms with van der Waals surface area (Å²) >= 11 is 0. The number of nitro groups is 2. The van der Waals surface area contributed by atoms with Gasteiger partial charge in [0, 0.05) is 5.56 Å². The first-order valence-electron chi connectivity index (χ1n) is 4.70. The maximum atomic E-state index is 11.8. The Kier molecular flexibility index (Phi) is 3.21. The molecule has 0 bridgehead atoms. The van der Waals surface area contributed by atoms with E-state index in [4.69, 9.17) is 0 Å². The Morgan fingerprint density at radius 1 is 1.24 bits per heavy atom. The Bertz CT molecular complexity index is 483. The van der Waals surface area contributed by atoms with Crippen LogP contribution in [-0.4, -0.2) is 21.3 Å². The van der Waals surface area contributed by atoms with Gasteiger partial charge in [0.2, 0.25) is 0 Å². The molecule has 0 aliphatic carbocycles. The van der Waals surface area contributed by atoms with E-state index in [1.54, 1.807) is 13.0 Å². The topological polar surface area (TPSA) is 103 Å². The first-order chi connectivity index (χ1) is 7.80. The van der Waals surface area contributed by atoms with Crippen molar-refractivity contribution in [2.75, 3.05) is 0 Å². The summed E-state index contributed by atoms with van der Waals surface area (Å²) in [5.74, 6) is -1.13. The van der Waals surface area contributed by atoms with Crippen molar-refractivity contribution in [2.24, 2.45) is 0 Å². The van der Waals surface area contributed by atoms with Crippen molar-refractivity contribution in [1.82, 2.24) is 0 Å². The van der Waals surface area contributed by atoms with Gasteiger partial charge >= 0.3 is 11.4 Å². The second-order valence-corrected chi connectivity index (χ2v) is 3.73. The van der Waals surface area contributed by atoms with E-state index in [1.807, 2.05) is 0 Å². The predicted octanol–water partition coefficient (Wildman–Crippen LogP) is 1.45. The molecule has 0 radical (unpaired) electrons. The van der Waals surface area contributed by atoms with Crippen LogP contribution in [0.25, 0.3) is 0 Å². The van der Waals surface area contributed by atoms with Gasteiger partial charge in [0.05, 0.1) is 6.92 Å². The highest BCUT2D eigenvalue weighted by Crippen LogP contribution is 2.18. The van der Waals surface area contributed by atoms with Gasteiger partial charge in [0.15, 0.2) is 0 Å².